The van der Waals surface area contributed by atoms with Gasteiger partial charge in [-0.25, -0.2) is 4.79 Å². The van der Waals surface area contributed by atoms with Crippen LogP contribution in [0.3, 0.4) is 0 Å². The molecule has 0 rings (SSSR count). The van der Waals surface area contributed by atoms with Gasteiger partial charge < -0.3 is 9.53 Å². The van der Waals surface area contributed by atoms with Crippen LogP contribution in [0.25, 0.3) is 0 Å². The van der Waals surface area contributed by atoms with E-state index in [4.69, 9.17) is 4.74 Å². The van der Waals surface area contributed by atoms with Crippen molar-refractivity contribution in [1.29, 1.82) is 0 Å². The van der Waals surface area contributed by atoms with Crippen LogP contribution in [0.5, 0.6) is 0 Å². The fraction of sp³-hybridized carbons (Fsp3) is 0.600. The molecule has 4 heteroatoms. The summed E-state index contributed by atoms with van der Waals surface area (Å²) in [5, 5.41) is 0. The fourth-order valence-electron chi connectivity index (χ4n) is 0.939. The van der Waals surface area contributed by atoms with Crippen molar-refractivity contribution >= 4 is 12.4 Å². The minimum Gasteiger partial charge on any atom is -0.450 e. The van der Waals surface area contributed by atoms with E-state index in [-0.39, 0.29) is 0 Å². The molecule has 1 amide bonds. The molecule has 4 nitrogen and oxygen atoms in total. The molecular weight excluding hydrogens is 182 g/mol. The Morgan fingerprint density at radius 1 is 1.57 bits per heavy atom. The first-order valence-electron chi connectivity index (χ1n) is 4.51. The van der Waals surface area contributed by atoms with E-state index in [9.17, 15) is 9.59 Å². The summed E-state index contributed by atoms with van der Waals surface area (Å²) in [6.45, 7) is 9.14. The summed E-state index contributed by atoms with van der Waals surface area (Å²) < 4.78 is 4.83. The zero-order valence-corrected chi connectivity index (χ0v) is 8.95. The molecule has 0 N–H and O–H groups in total. The summed E-state index contributed by atoms with van der Waals surface area (Å²) in [5.41, 5.74) is -0.861. The Balaban J connectivity index is 4.65. The summed E-state index contributed by atoms with van der Waals surface area (Å²) in [7, 11) is 0. The van der Waals surface area contributed by atoms with Gasteiger partial charge in [-0.05, 0) is 20.8 Å². The maximum Gasteiger partial charge on any atom is 0.410 e. The van der Waals surface area contributed by atoms with E-state index in [1.165, 1.54) is 4.90 Å². The number of ether oxygens (including phenoxy) is 1. The Bertz CT molecular complexity index is 223. The number of hydrogen-bond acceptors (Lipinski definition) is 3. The molecule has 0 atom stereocenters. The van der Waals surface area contributed by atoms with Gasteiger partial charge >= 0.3 is 6.09 Å². The smallest absolute Gasteiger partial charge is 0.410 e. The number of nitrogens with zero attached hydrogens (tertiary/aromatic N) is 1. The van der Waals surface area contributed by atoms with Crippen LogP contribution < -0.4 is 0 Å². The van der Waals surface area contributed by atoms with Crippen LogP contribution in [0.15, 0.2) is 12.7 Å². The molecule has 0 aliphatic heterocycles. The highest BCUT2D eigenvalue weighted by atomic mass is 16.6. The van der Waals surface area contributed by atoms with Gasteiger partial charge in [0.1, 0.15) is 6.29 Å². The van der Waals surface area contributed by atoms with Crippen molar-refractivity contribution in [3.05, 3.63) is 12.7 Å². The lowest BCUT2D eigenvalue weighted by atomic mass is 10.1. The average Bonchev–Trinajstić information content (AvgIpc) is 2.14. The van der Waals surface area contributed by atoms with E-state index in [2.05, 4.69) is 6.58 Å². The van der Waals surface area contributed by atoms with Gasteiger partial charge in [-0.3, -0.25) is 4.90 Å². The molecule has 0 saturated heterocycles. The van der Waals surface area contributed by atoms with Crippen molar-refractivity contribution in [1.82, 2.24) is 4.90 Å². The van der Waals surface area contributed by atoms with Crippen molar-refractivity contribution < 1.29 is 14.3 Å². The molecule has 0 aromatic heterocycles. The van der Waals surface area contributed by atoms with Crippen LogP contribution in [-0.2, 0) is 9.53 Å². The van der Waals surface area contributed by atoms with Crippen LogP contribution in [-0.4, -0.2) is 36.0 Å². The minimum absolute atomic E-state index is 0.293. The molecule has 0 aliphatic rings. The molecule has 14 heavy (non-hydrogen) atoms. The second-order valence-corrected chi connectivity index (χ2v) is 3.37. The molecule has 80 valence electrons. The van der Waals surface area contributed by atoms with Crippen molar-refractivity contribution in [2.45, 2.75) is 26.3 Å². The van der Waals surface area contributed by atoms with E-state index in [0.717, 1.165) is 0 Å². The SMILES string of the molecule is C=CCN(C(=O)OCC)C(C)(C)C=O. The lowest BCUT2D eigenvalue weighted by Gasteiger charge is -2.32. The second kappa shape index (κ2) is 5.42. The first kappa shape index (κ1) is 12.7. The van der Waals surface area contributed by atoms with Crippen molar-refractivity contribution in [2.75, 3.05) is 13.2 Å². The Morgan fingerprint density at radius 3 is 2.50 bits per heavy atom. The average molecular weight is 199 g/mol. The Hall–Kier alpha value is -1.32. The maximum atomic E-state index is 11.4. The molecular formula is C10H17NO3. The van der Waals surface area contributed by atoms with Crippen LogP contribution in [0, 0.1) is 0 Å². The van der Waals surface area contributed by atoms with E-state index in [1.54, 1.807) is 26.8 Å². The highest BCUT2D eigenvalue weighted by molar-refractivity contribution is 5.76. The number of carbonyl (C=O) groups is 2. The normalized spacial score (nSPS) is 10.5. The molecule has 0 bridgehead atoms. The standard InChI is InChI=1S/C10H17NO3/c1-5-7-11(9(13)14-6-2)10(3,4)8-12/h5,8H,1,6-7H2,2-4H3. The third-order valence-corrected chi connectivity index (χ3v) is 1.78. The molecule has 0 fully saturated rings. The summed E-state index contributed by atoms with van der Waals surface area (Å²) in [4.78, 5) is 23.5. The second-order valence-electron chi connectivity index (χ2n) is 3.37. The third-order valence-electron chi connectivity index (χ3n) is 1.78. The molecule has 0 saturated carbocycles. The molecule has 0 spiro atoms. The van der Waals surface area contributed by atoms with E-state index in [1.807, 2.05) is 0 Å². The molecule has 0 aromatic rings. The first-order chi connectivity index (χ1) is 6.49. The van der Waals surface area contributed by atoms with Gasteiger partial charge in [0.15, 0.2) is 0 Å². The van der Waals surface area contributed by atoms with Gasteiger partial charge in [0, 0.05) is 6.54 Å². The van der Waals surface area contributed by atoms with Gasteiger partial charge in [0.25, 0.3) is 0 Å². The van der Waals surface area contributed by atoms with E-state index >= 15 is 0 Å². The topological polar surface area (TPSA) is 46.6 Å². The van der Waals surface area contributed by atoms with Crippen LogP contribution in [0.1, 0.15) is 20.8 Å². The highest BCUT2D eigenvalue weighted by Gasteiger charge is 2.30. The summed E-state index contributed by atoms with van der Waals surface area (Å²) in [5.74, 6) is 0. The lowest BCUT2D eigenvalue weighted by molar-refractivity contribution is -0.116. The number of carbonyl (C=O) groups excluding carboxylic acids is 2. The predicted molar refractivity (Wildman–Crippen MR) is 54.1 cm³/mol. The highest BCUT2D eigenvalue weighted by Crippen LogP contribution is 2.12. The lowest BCUT2D eigenvalue weighted by Crippen LogP contribution is -2.49. The van der Waals surface area contributed by atoms with Gasteiger partial charge in [0.05, 0.1) is 12.1 Å². The van der Waals surface area contributed by atoms with E-state index in [0.29, 0.717) is 19.4 Å². The van der Waals surface area contributed by atoms with Gasteiger partial charge in [-0.2, -0.15) is 0 Å². The Morgan fingerprint density at radius 2 is 2.14 bits per heavy atom. The Labute approximate surface area is 84.5 Å². The predicted octanol–water partition coefficient (Wildman–Crippen LogP) is 1.61. The largest absolute Gasteiger partial charge is 0.450 e. The number of amides is 1. The number of rotatable bonds is 5. The first-order valence-corrected chi connectivity index (χ1v) is 4.51. The molecule has 0 aliphatic carbocycles. The molecule has 0 radical (unpaired) electrons. The Kier molecular flexibility index (Phi) is 4.91. The molecule has 0 unspecified atom stereocenters. The van der Waals surface area contributed by atoms with Crippen LogP contribution in [0.2, 0.25) is 0 Å². The van der Waals surface area contributed by atoms with Crippen molar-refractivity contribution in [2.24, 2.45) is 0 Å². The van der Waals surface area contributed by atoms with E-state index < -0.39 is 11.6 Å². The number of hydrogen-bond donors (Lipinski definition) is 0. The monoisotopic (exact) mass is 199 g/mol. The fourth-order valence-corrected chi connectivity index (χ4v) is 0.939. The van der Waals surface area contributed by atoms with Crippen LogP contribution in [0.4, 0.5) is 4.79 Å². The zero-order valence-electron chi connectivity index (χ0n) is 8.95. The van der Waals surface area contributed by atoms with Crippen LogP contribution >= 0.6 is 0 Å². The molecule has 0 heterocycles. The van der Waals surface area contributed by atoms with Crippen molar-refractivity contribution in [3.63, 3.8) is 0 Å². The molecule has 0 aromatic carbocycles. The summed E-state index contributed by atoms with van der Waals surface area (Å²) >= 11 is 0. The zero-order chi connectivity index (χ0) is 11.2. The van der Waals surface area contributed by atoms with Gasteiger partial charge in [-0.15, -0.1) is 6.58 Å². The number of aldehydes is 1. The maximum absolute atomic E-state index is 11.4. The summed E-state index contributed by atoms with van der Waals surface area (Å²) in [6, 6.07) is 0. The van der Waals surface area contributed by atoms with Gasteiger partial charge in [-0.1, -0.05) is 6.08 Å². The minimum atomic E-state index is -0.861. The summed E-state index contributed by atoms with van der Waals surface area (Å²) in [6.07, 6.45) is 1.78. The van der Waals surface area contributed by atoms with Gasteiger partial charge in [0.2, 0.25) is 0 Å². The third kappa shape index (κ3) is 3.20. The quantitative estimate of drug-likeness (QED) is 0.499. The van der Waals surface area contributed by atoms with Crippen molar-refractivity contribution in [3.8, 4) is 0 Å².